The van der Waals surface area contributed by atoms with Crippen LogP contribution in [0.1, 0.15) is 13.3 Å². The number of rotatable bonds is 0. The molecule has 8 atom stereocenters. The maximum atomic E-state index is 11.7. The van der Waals surface area contributed by atoms with E-state index < -0.39 is 0 Å². The van der Waals surface area contributed by atoms with Gasteiger partial charge in [0.05, 0.1) is 0 Å². The van der Waals surface area contributed by atoms with Gasteiger partial charge in [-0.15, -0.1) is 0 Å². The summed E-state index contributed by atoms with van der Waals surface area (Å²) in [6.07, 6.45) is 0.696. The topological polar surface area (TPSA) is 48.0 Å². The number of piperidine rings is 1. The Bertz CT molecular complexity index is 371. The molecule has 16 heavy (non-hydrogen) atoms. The molecule has 5 rings (SSSR count). The predicted octanol–water partition coefficient (Wildman–Crippen LogP) is 0.112. The Labute approximate surface area is 92.6 Å². The summed E-state index contributed by atoms with van der Waals surface area (Å²) in [5.74, 6) is 1.96. The lowest BCUT2D eigenvalue weighted by Gasteiger charge is -2.42. The number of likely N-dealkylation sites (tertiary alicyclic amines) is 1. The van der Waals surface area contributed by atoms with E-state index in [1.807, 2.05) is 4.90 Å². The number of carbonyl (C=O) groups excluding carboxylic acids is 1. The molecule has 5 fully saturated rings. The Kier molecular flexibility index (Phi) is 1.21. The van der Waals surface area contributed by atoms with Gasteiger partial charge in [0.25, 0.3) is 0 Å². The summed E-state index contributed by atoms with van der Waals surface area (Å²) in [5, 5.41) is 0. The Hall–Kier alpha value is -0.650. The van der Waals surface area contributed by atoms with Gasteiger partial charge in [-0.2, -0.15) is 0 Å². The lowest BCUT2D eigenvalue weighted by Crippen LogP contribution is -2.55. The predicted molar refractivity (Wildman–Crippen MR) is 49.5 cm³/mol. The molecule has 0 aromatic carbocycles. The van der Waals surface area contributed by atoms with Crippen molar-refractivity contribution in [2.24, 2.45) is 23.7 Å². The minimum Gasteiger partial charge on any atom is -0.329 e. The fourth-order valence-corrected chi connectivity index (χ4v) is 4.66. The Morgan fingerprint density at radius 2 is 1.62 bits per heavy atom. The highest BCUT2D eigenvalue weighted by atomic mass is 16.8. The Morgan fingerprint density at radius 3 is 2.12 bits per heavy atom. The quantitative estimate of drug-likeness (QED) is 0.585. The molecule has 0 aromatic rings. The SMILES string of the molecule is CC(=O)N1C2OC3OC4OC1C1CC2C3C41. The number of carbonyl (C=O) groups is 1. The van der Waals surface area contributed by atoms with Crippen LogP contribution < -0.4 is 0 Å². The van der Waals surface area contributed by atoms with Gasteiger partial charge in [-0.1, -0.05) is 0 Å². The third-order valence-electron chi connectivity index (χ3n) is 5.07. The molecule has 1 aliphatic carbocycles. The maximum absolute atomic E-state index is 11.7. The molecular weight excluding hydrogens is 210 g/mol. The summed E-state index contributed by atoms with van der Waals surface area (Å²) in [5.41, 5.74) is 0. The standard InChI is InChI=1S/C11H13NO4/c1-3(13)12-8-4-2-5-7-6(4)10(14-8)16-11(7)15-9(5)12/h4-11H,2H2,1H3. The molecule has 5 nitrogen and oxygen atoms in total. The Balaban J connectivity index is 1.72. The van der Waals surface area contributed by atoms with E-state index in [9.17, 15) is 4.79 Å². The zero-order valence-electron chi connectivity index (χ0n) is 8.91. The highest BCUT2D eigenvalue weighted by Gasteiger charge is 2.74. The molecule has 2 bridgehead atoms. The molecule has 1 amide bonds. The van der Waals surface area contributed by atoms with E-state index in [1.165, 1.54) is 0 Å². The van der Waals surface area contributed by atoms with Crippen LogP contribution in [0.15, 0.2) is 0 Å². The van der Waals surface area contributed by atoms with E-state index in [4.69, 9.17) is 14.2 Å². The van der Waals surface area contributed by atoms with E-state index in [1.54, 1.807) is 6.92 Å². The number of hydrogen-bond donors (Lipinski definition) is 0. The fraction of sp³-hybridized carbons (Fsp3) is 0.909. The molecule has 4 aliphatic heterocycles. The molecule has 5 heteroatoms. The minimum atomic E-state index is -0.127. The average Bonchev–Trinajstić information content (AvgIpc) is 2.87. The lowest BCUT2D eigenvalue weighted by molar-refractivity contribution is -0.289. The fourth-order valence-electron chi connectivity index (χ4n) is 4.66. The van der Waals surface area contributed by atoms with Gasteiger partial charge in [0.15, 0.2) is 12.6 Å². The molecule has 1 saturated carbocycles. The minimum absolute atomic E-state index is 0.0623. The van der Waals surface area contributed by atoms with E-state index in [2.05, 4.69) is 0 Å². The molecule has 4 saturated heterocycles. The van der Waals surface area contributed by atoms with Gasteiger partial charge in [0, 0.05) is 30.6 Å². The number of amides is 1. The molecular formula is C11H13NO4. The average molecular weight is 223 g/mol. The van der Waals surface area contributed by atoms with Crippen LogP contribution >= 0.6 is 0 Å². The van der Waals surface area contributed by atoms with Crippen LogP contribution in [0, 0.1) is 23.7 Å². The van der Waals surface area contributed by atoms with Crippen LogP contribution in [0.25, 0.3) is 0 Å². The van der Waals surface area contributed by atoms with Crippen molar-refractivity contribution >= 4 is 5.91 Å². The van der Waals surface area contributed by atoms with Crippen molar-refractivity contribution in [3.63, 3.8) is 0 Å². The van der Waals surface area contributed by atoms with Crippen molar-refractivity contribution in [1.29, 1.82) is 0 Å². The molecule has 86 valence electrons. The van der Waals surface area contributed by atoms with Crippen molar-refractivity contribution in [3.8, 4) is 0 Å². The van der Waals surface area contributed by atoms with Gasteiger partial charge in [-0.3, -0.25) is 9.69 Å². The van der Waals surface area contributed by atoms with E-state index >= 15 is 0 Å². The second kappa shape index (κ2) is 2.30. The van der Waals surface area contributed by atoms with Crippen molar-refractivity contribution in [2.45, 2.75) is 38.4 Å². The van der Waals surface area contributed by atoms with Crippen LogP contribution in [-0.4, -0.2) is 35.8 Å². The lowest BCUT2D eigenvalue weighted by atomic mass is 9.91. The van der Waals surface area contributed by atoms with Gasteiger partial charge >= 0.3 is 0 Å². The first-order chi connectivity index (χ1) is 7.75. The van der Waals surface area contributed by atoms with Crippen LogP contribution in [-0.2, 0) is 19.0 Å². The molecule has 0 radical (unpaired) electrons. The van der Waals surface area contributed by atoms with Crippen LogP contribution in [0.3, 0.4) is 0 Å². The number of ether oxygens (including phenoxy) is 3. The zero-order valence-corrected chi connectivity index (χ0v) is 8.91. The van der Waals surface area contributed by atoms with Crippen molar-refractivity contribution in [1.82, 2.24) is 4.90 Å². The van der Waals surface area contributed by atoms with Crippen molar-refractivity contribution in [2.75, 3.05) is 0 Å². The third kappa shape index (κ3) is 0.665. The second-order valence-electron chi connectivity index (χ2n) is 5.57. The third-order valence-corrected chi connectivity index (χ3v) is 5.07. The summed E-state index contributed by atoms with van der Waals surface area (Å²) < 4.78 is 17.5. The second-order valence-corrected chi connectivity index (χ2v) is 5.57. The molecule has 0 spiro atoms. The largest absolute Gasteiger partial charge is 0.329 e. The van der Waals surface area contributed by atoms with Gasteiger partial charge < -0.3 is 14.2 Å². The van der Waals surface area contributed by atoms with E-state index in [0.717, 1.165) is 6.42 Å². The van der Waals surface area contributed by atoms with Gasteiger partial charge in [0.2, 0.25) is 5.91 Å². The van der Waals surface area contributed by atoms with Crippen LogP contribution in [0.5, 0.6) is 0 Å². The molecule has 0 N–H and O–H groups in total. The summed E-state index contributed by atoms with van der Waals surface area (Å²) in [7, 11) is 0. The van der Waals surface area contributed by atoms with Crippen LogP contribution in [0.4, 0.5) is 0 Å². The maximum Gasteiger partial charge on any atom is 0.223 e. The molecule has 4 heterocycles. The summed E-state index contributed by atoms with van der Waals surface area (Å²) in [6.45, 7) is 1.60. The van der Waals surface area contributed by atoms with E-state index in [-0.39, 0.29) is 30.9 Å². The summed E-state index contributed by atoms with van der Waals surface area (Å²) >= 11 is 0. The smallest absolute Gasteiger partial charge is 0.223 e. The number of hydrogen-bond acceptors (Lipinski definition) is 4. The molecule has 0 aromatic heterocycles. The van der Waals surface area contributed by atoms with Crippen molar-refractivity contribution < 1.29 is 19.0 Å². The number of nitrogens with zero attached hydrogens (tertiary/aromatic N) is 1. The highest BCUT2D eigenvalue weighted by Crippen LogP contribution is 2.65. The van der Waals surface area contributed by atoms with Crippen LogP contribution in [0.2, 0.25) is 0 Å². The van der Waals surface area contributed by atoms with Gasteiger partial charge in [-0.05, 0) is 6.42 Å². The van der Waals surface area contributed by atoms with Gasteiger partial charge in [-0.25, -0.2) is 0 Å². The first kappa shape index (κ1) is 8.44. The summed E-state index contributed by atoms with van der Waals surface area (Å²) in [4.78, 5) is 13.6. The molecule has 5 aliphatic rings. The zero-order chi connectivity index (χ0) is 10.6. The van der Waals surface area contributed by atoms with E-state index in [0.29, 0.717) is 23.7 Å². The van der Waals surface area contributed by atoms with Gasteiger partial charge in [0.1, 0.15) is 12.5 Å². The first-order valence-electron chi connectivity index (χ1n) is 6.01. The van der Waals surface area contributed by atoms with Crippen molar-refractivity contribution in [3.05, 3.63) is 0 Å². The highest BCUT2D eigenvalue weighted by molar-refractivity contribution is 5.74. The normalized spacial score (nSPS) is 63.7. The first-order valence-corrected chi connectivity index (χ1v) is 6.01. The molecule has 8 unspecified atom stereocenters. The Morgan fingerprint density at radius 1 is 1.06 bits per heavy atom. The monoisotopic (exact) mass is 223 g/mol. The summed E-state index contributed by atoms with van der Waals surface area (Å²) in [6, 6.07) is 0.